The highest BCUT2D eigenvalue weighted by atomic mass is 35.5. The van der Waals surface area contributed by atoms with Gasteiger partial charge in [-0.2, -0.15) is 5.26 Å². The summed E-state index contributed by atoms with van der Waals surface area (Å²) in [5, 5.41) is 9.66. The van der Waals surface area contributed by atoms with Gasteiger partial charge in [0.05, 0.1) is 11.6 Å². The summed E-state index contributed by atoms with van der Waals surface area (Å²) in [5.74, 6) is 1.26. The van der Waals surface area contributed by atoms with Crippen molar-refractivity contribution < 1.29 is 14.3 Å². The SMILES string of the molecule is Cc1ccc(OC(=O)N(C)[C@@H]2CN(C(=O)C3CCN(c4ccc(C#N)cn4)CC3)C[C@H]2c2ccc(Cl)cc2)cc1. The van der Waals surface area contributed by atoms with Gasteiger partial charge in [-0.25, -0.2) is 9.78 Å². The van der Waals surface area contributed by atoms with Crippen molar-refractivity contribution in [2.45, 2.75) is 31.7 Å². The highest BCUT2D eigenvalue weighted by Gasteiger charge is 2.42. The van der Waals surface area contributed by atoms with Crippen molar-refractivity contribution in [2.24, 2.45) is 5.92 Å². The number of anilines is 1. The van der Waals surface area contributed by atoms with Gasteiger partial charge in [-0.1, -0.05) is 41.4 Å². The molecule has 2 aliphatic heterocycles. The molecule has 0 radical (unpaired) electrons. The molecule has 5 rings (SSSR count). The minimum absolute atomic E-state index is 0.0697. The molecular weight excluding hydrogens is 526 g/mol. The van der Waals surface area contributed by atoms with Gasteiger partial charge in [0, 0.05) is 56.3 Å². The summed E-state index contributed by atoms with van der Waals surface area (Å²) in [5.41, 5.74) is 2.64. The Kier molecular flexibility index (Phi) is 8.22. The molecule has 40 heavy (non-hydrogen) atoms. The molecule has 206 valence electrons. The van der Waals surface area contributed by atoms with E-state index in [2.05, 4.69) is 16.0 Å². The quantitative estimate of drug-likeness (QED) is 0.425. The molecule has 8 nitrogen and oxygen atoms in total. The van der Waals surface area contributed by atoms with Crippen LogP contribution in [0.4, 0.5) is 10.6 Å². The van der Waals surface area contributed by atoms with Crippen LogP contribution in [0.5, 0.6) is 5.75 Å². The number of piperidine rings is 1. The number of carbonyl (C=O) groups excluding carboxylic acids is 2. The van der Waals surface area contributed by atoms with Gasteiger partial charge < -0.3 is 19.4 Å². The van der Waals surface area contributed by atoms with Crippen molar-refractivity contribution in [1.29, 1.82) is 5.26 Å². The Labute approximate surface area is 239 Å². The maximum atomic E-state index is 13.7. The lowest BCUT2D eigenvalue weighted by atomic mass is 9.93. The smallest absolute Gasteiger partial charge is 0.410 e. The third-order valence-corrected chi connectivity index (χ3v) is 8.21. The number of rotatable bonds is 5. The van der Waals surface area contributed by atoms with Gasteiger partial charge in [-0.15, -0.1) is 0 Å². The van der Waals surface area contributed by atoms with Crippen LogP contribution < -0.4 is 9.64 Å². The number of hydrogen-bond acceptors (Lipinski definition) is 6. The van der Waals surface area contributed by atoms with Gasteiger partial charge in [0.15, 0.2) is 0 Å². The molecule has 9 heteroatoms. The zero-order valence-corrected chi connectivity index (χ0v) is 23.4. The number of aryl methyl sites for hydroxylation is 1. The number of benzene rings is 2. The molecule has 0 bridgehead atoms. The first-order valence-corrected chi connectivity index (χ1v) is 13.9. The Hall–Kier alpha value is -4.09. The lowest BCUT2D eigenvalue weighted by molar-refractivity contribution is -0.135. The molecule has 0 aliphatic carbocycles. The van der Waals surface area contributed by atoms with Crippen LogP contribution in [0.15, 0.2) is 66.9 Å². The number of carbonyl (C=O) groups is 2. The molecule has 2 atom stereocenters. The van der Waals surface area contributed by atoms with Crippen molar-refractivity contribution in [3.05, 3.63) is 88.6 Å². The number of aromatic nitrogens is 1. The van der Waals surface area contributed by atoms with Crippen molar-refractivity contribution >= 4 is 29.4 Å². The topological polar surface area (TPSA) is 89.8 Å². The van der Waals surface area contributed by atoms with Gasteiger partial charge in [-0.3, -0.25) is 4.79 Å². The molecule has 2 aliphatic rings. The molecule has 3 aromatic rings. The average Bonchev–Trinajstić information content (AvgIpc) is 3.43. The van der Waals surface area contributed by atoms with Gasteiger partial charge in [0.1, 0.15) is 17.6 Å². The Balaban J connectivity index is 1.27. The number of amides is 2. The Morgan fingerprint density at radius 1 is 1.02 bits per heavy atom. The number of nitrogens with zero attached hydrogens (tertiary/aromatic N) is 5. The monoisotopic (exact) mass is 557 g/mol. The first-order chi connectivity index (χ1) is 19.3. The van der Waals surface area contributed by atoms with Crippen LogP contribution in [-0.4, -0.2) is 66.1 Å². The van der Waals surface area contributed by atoms with E-state index in [9.17, 15) is 9.59 Å². The number of likely N-dealkylation sites (tertiary alicyclic amines) is 1. The van der Waals surface area contributed by atoms with Crippen molar-refractivity contribution in [3.8, 4) is 11.8 Å². The zero-order chi connectivity index (χ0) is 28.2. The van der Waals surface area contributed by atoms with Crippen LogP contribution in [0, 0.1) is 24.2 Å². The first-order valence-electron chi connectivity index (χ1n) is 13.5. The molecule has 0 N–H and O–H groups in total. The summed E-state index contributed by atoms with van der Waals surface area (Å²) in [6.45, 7) is 4.37. The number of hydrogen-bond donors (Lipinski definition) is 0. The summed E-state index contributed by atoms with van der Waals surface area (Å²) in [6.07, 6.45) is 2.57. The second-order valence-electron chi connectivity index (χ2n) is 10.5. The molecule has 0 spiro atoms. The highest BCUT2D eigenvalue weighted by molar-refractivity contribution is 6.30. The van der Waals surface area contributed by atoms with Crippen molar-refractivity contribution in [1.82, 2.24) is 14.8 Å². The Morgan fingerprint density at radius 3 is 2.35 bits per heavy atom. The summed E-state index contributed by atoms with van der Waals surface area (Å²) in [6, 6.07) is 20.5. The van der Waals surface area contributed by atoms with Crippen LogP contribution in [-0.2, 0) is 4.79 Å². The van der Waals surface area contributed by atoms with E-state index in [0.717, 1.165) is 42.9 Å². The molecule has 1 aromatic heterocycles. The summed E-state index contributed by atoms with van der Waals surface area (Å²) in [4.78, 5) is 36.9. The van der Waals surface area contributed by atoms with E-state index in [1.807, 2.05) is 54.3 Å². The zero-order valence-electron chi connectivity index (χ0n) is 22.7. The molecule has 0 saturated carbocycles. The second kappa shape index (κ2) is 12.0. The number of likely N-dealkylation sites (N-methyl/N-ethyl adjacent to an activating group) is 1. The van der Waals surface area contributed by atoms with Gasteiger partial charge in [0.25, 0.3) is 0 Å². The van der Waals surface area contributed by atoms with E-state index in [4.69, 9.17) is 21.6 Å². The number of halogens is 1. The maximum Gasteiger partial charge on any atom is 0.415 e. The normalized spacial score (nSPS) is 19.2. The number of nitriles is 1. The minimum Gasteiger partial charge on any atom is -0.410 e. The predicted molar refractivity (Wildman–Crippen MR) is 153 cm³/mol. The predicted octanol–water partition coefficient (Wildman–Crippen LogP) is 5.26. The highest BCUT2D eigenvalue weighted by Crippen LogP contribution is 2.34. The molecule has 2 amide bonds. The largest absolute Gasteiger partial charge is 0.415 e. The number of pyridine rings is 1. The minimum atomic E-state index is -0.453. The lowest BCUT2D eigenvalue weighted by Gasteiger charge is -2.34. The summed E-state index contributed by atoms with van der Waals surface area (Å²) in [7, 11) is 1.74. The fourth-order valence-corrected chi connectivity index (χ4v) is 5.69. The average molecular weight is 558 g/mol. The molecular formula is C31H32ClN5O3. The van der Waals surface area contributed by atoms with Crippen LogP contribution in [0.25, 0.3) is 0 Å². The fourth-order valence-electron chi connectivity index (χ4n) is 5.56. The van der Waals surface area contributed by atoms with Gasteiger partial charge >= 0.3 is 6.09 Å². The second-order valence-corrected chi connectivity index (χ2v) is 11.0. The van der Waals surface area contributed by atoms with Crippen LogP contribution in [0.2, 0.25) is 5.02 Å². The fraction of sp³-hybridized carbons (Fsp3) is 0.355. The van der Waals surface area contributed by atoms with Crippen LogP contribution in [0.3, 0.4) is 0 Å². The number of ether oxygens (including phenoxy) is 1. The Morgan fingerprint density at radius 2 is 1.73 bits per heavy atom. The van der Waals surface area contributed by atoms with Crippen LogP contribution >= 0.6 is 11.6 Å². The lowest BCUT2D eigenvalue weighted by Crippen LogP contribution is -2.45. The molecule has 3 heterocycles. The Bertz CT molecular complexity index is 1380. The summed E-state index contributed by atoms with van der Waals surface area (Å²) < 4.78 is 5.66. The van der Waals surface area contributed by atoms with Gasteiger partial charge in [0.2, 0.25) is 5.91 Å². The van der Waals surface area contributed by atoms with Gasteiger partial charge in [-0.05, 0) is 61.7 Å². The molecule has 2 fully saturated rings. The van der Waals surface area contributed by atoms with Crippen molar-refractivity contribution in [2.75, 3.05) is 38.1 Å². The third-order valence-electron chi connectivity index (χ3n) is 7.96. The summed E-state index contributed by atoms with van der Waals surface area (Å²) >= 11 is 6.15. The van der Waals surface area contributed by atoms with E-state index in [-0.39, 0.29) is 23.8 Å². The standard InChI is InChI=1S/C31H32ClN5O3/c1-21-3-10-26(11-4-21)40-31(39)35(2)28-20-37(19-27(28)23-6-8-25(32)9-7-23)30(38)24-13-15-36(16-14-24)29-12-5-22(17-33)18-34-29/h3-12,18,24,27-28H,13-16,19-20H2,1-2H3/t27-,28+/m0/s1. The maximum absolute atomic E-state index is 13.7. The molecule has 2 aromatic carbocycles. The van der Waals surface area contributed by atoms with E-state index in [0.29, 0.717) is 29.4 Å². The van der Waals surface area contributed by atoms with E-state index < -0.39 is 6.09 Å². The first kappa shape index (κ1) is 27.5. The molecule has 2 saturated heterocycles. The molecule has 0 unspecified atom stereocenters. The van der Waals surface area contributed by atoms with E-state index >= 15 is 0 Å². The van der Waals surface area contributed by atoms with Crippen LogP contribution in [0.1, 0.15) is 35.4 Å². The van der Waals surface area contributed by atoms with E-state index in [1.54, 1.807) is 36.3 Å². The van der Waals surface area contributed by atoms with E-state index in [1.165, 1.54) is 0 Å². The van der Waals surface area contributed by atoms with Crippen molar-refractivity contribution in [3.63, 3.8) is 0 Å². The third kappa shape index (κ3) is 6.05.